The number of hydrogen-bond acceptors (Lipinski definition) is 5. The molecule has 0 bridgehead atoms. The van der Waals surface area contributed by atoms with Crippen molar-refractivity contribution < 1.29 is 9.47 Å². The average molecular weight is 409 g/mol. The summed E-state index contributed by atoms with van der Waals surface area (Å²) in [6.45, 7) is 6.09. The number of benzene rings is 2. The first-order valence-corrected chi connectivity index (χ1v) is 10.2. The smallest absolute Gasteiger partial charge is 0.254 e. The lowest BCUT2D eigenvalue weighted by molar-refractivity contribution is 0.363. The molecule has 0 radical (unpaired) electrons. The Morgan fingerprint density at radius 3 is 2.72 bits per heavy atom. The van der Waals surface area contributed by atoms with E-state index in [1.807, 2.05) is 55.5 Å². The summed E-state index contributed by atoms with van der Waals surface area (Å²) >= 11 is 1.41. The van der Waals surface area contributed by atoms with Gasteiger partial charge in [-0.05, 0) is 42.3 Å². The van der Waals surface area contributed by atoms with Crippen molar-refractivity contribution >= 4 is 11.8 Å². The van der Waals surface area contributed by atoms with Crippen molar-refractivity contribution in [3.8, 4) is 11.5 Å². The van der Waals surface area contributed by atoms with E-state index in [4.69, 9.17) is 14.5 Å². The lowest BCUT2D eigenvalue weighted by atomic mass is 10.0. The summed E-state index contributed by atoms with van der Waals surface area (Å²) < 4.78 is 10.9. The van der Waals surface area contributed by atoms with Crippen LogP contribution < -0.4 is 15.0 Å². The number of hydrogen-bond donors (Lipinski definition) is 1. The van der Waals surface area contributed by atoms with Crippen molar-refractivity contribution in [3.63, 3.8) is 0 Å². The molecule has 0 aliphatic carbocycles. The van der Waals surface area contributed by atoms with Gasteiger partial charge in [-0.15, -0.1) is 0 Å². The third-order valence-corrected chi connectivity index (χ3v) is 5.20. The van der Waals surface area contributed by atoms with E-state index in [9.17, 15) is 4.79 Å². The molecule has 150 valence electrons. The van der Waals surface area contributed by atoms with Gasteiger partial charge in [-0.3, -0.25) is 4.79 Å². The van der Waals surface area contributed by atoms with Crippen LogP contribution >= 0.6 is 11.8 Å². The monoisotopic (exact) mass is 408 g/mol. The fraction of sp³-hybridized carbons (Fsp3) is 0.217. The number of nitrogens with one attached hydrogen (secondary N) is 1. The van der Waals surface area contributed by atoms with E-state index >= 15 is 0 Å². The van der Waals surface area contributed by atoms with E-state index in [1.54, 1.807) is 13.2 Å². The van der Waals surface area contributed by atoms with Crippen molar-refractivity contribution in [1.29, 1.82) is 0 Å². The second kappa shape index (κ2) is 9.98. The first kappa shape index (κ1) is 20.7. The van der Waals surface area contributed by atoms with Crippen LogP contribution in [0.15, 0.2) is 76.0 Å². The Morgan fingerprint density at radius 2 is 1.97 bits per heavy atom. The molecule has 5 nitrogen and oxygen atoms in total. The van der Waals surface area contributed by atoms with Gasteiger partial charge in [-0.2, -0.15) is 0 Å². The van der Waals surface area contributed by atoms with Crippen LogP contribution in [0.5, 0.6) is 11.5 Å². The molecule has 0 fully saturated rings. The number of aromatic nitrogens is 2. The number of methoxy groups -OCH3 is 1. The molecule has 1 heterocycles. The minimum Gasteiger partial charge on any atom is -0.497 e. The SMILES string of the molecule is C=CCOc1cccc(Cc2nc(Sc3cccc(OC)c3)[nH]c(=O)c2CC)c1. The molecular weight excluding hydrogens is 384 g/mol. The standard InChI is InChI=1S/C23H24N2O3S/c1-4-12-28-18-10-6-8-16(13-18)14-21-20(5-2)22(26)25-23(24-21)29-19-11-7-9-17(15-19)27-3/h4,6-11,13,15H,1,5,12,14H2,2-3H3,(H,24,25,26). The molecule has 3 rings (SSSR count). The minimum atomic E-state index is -0.0954. The van der Waals surface area contributed by atoms with Crippen LogP contribution in [0, 0.1) is 0 Å². The zero-order valence-electron chi connectivity index (χ0n) is 16.6. The molecular formula is C23H24N2O3S. The zero-order chi connectivity index (χ0) is 20.6. The number of H-pyrrole nitrogens is 1. The van der Waals surface area contributed by atoms with Crippen molar-refractivity contribution in [2.45, 2.75) is 29.8 Å². The fourth-order valence-electron chi connectivity index (χ4n) is 2.95. The topological polar surface area (TPSA) is 64.2 Å². The highest BCUT2D eigenvalue weighted by Gasteiger charge is 2.12. The van der Waals surface area contributed by atoms with Crippen molar-refractivity contribution in [1.82, 2.24) is 9.97 Å². The molecule has 0 saturated heterocycles. The van der Waals surface area contributed by atoms with Crippen LogP contribution in [-0.4, -0.2) is 23.7 Å². The number of rotatable bonds is 9. The Morgan fingerprint density at radius 1 is 1.17 bits per heavy atom. The van der Waals surface area contributed by atoms with Gasteiger partial charge in [0.25, 0.3) is 5.56 Å². The maximum absolute atomic E-state index is 12.6. The van der Waals surface area contributed by atoms with Gasteiger partial charge >= 0.3 is 0 Å². The summed E-state index contributed by atoms with van der Waals surface area (Å²) in [7, 11) is 1.63. The highest BCUT2D eigenvalue weighted by Crippen LogP contribution is 2.28. The van der Waals surface area contributed by atoms with E-state index in [2.05, 4.69) is 11.6 Å². The third-order valence-electron chi connectivity index (χ3n) is 4.33. The molecule has 0 atom stereocenters. The lowest BCUT2D eigenvalue weighted by Gasteiger charge is -2.11. The normalized spacial score (nSPS) is 10.6. The van der Waals surface area contributed by atoms with Crippen LogP contribution in [0.2, 0.25) is 0 Å². The van der Waals surface area contributed by atoms with E-state index in [1.165, 1.54) is 11.8 Å². The van der Waals surface area contributed by atoms with Crippen LogP contribution in [0.3, 0.4) is 0 Å². The van der Waals surface area contributed by atoms with Gasteiger partial charge in [0.1, 0.15) is 18.1 Å². The fourth-order valence-corrected chi connectivity index (χ4v) is 3.80. The van der Waals surface area contributed by atoms with E-state index in [0.29, 0.717) is 30.2 Å². The molecule has 6 heteroatoms. The Balaban J connectivity index is 1.89. The number of aromatic amines is 1. The molecule has 0 aliphatic rings. The minimum absolute atomic E-state index is 0.0954. The third kappa shape index (κ3) is 5.51. The molecule has 0 spiro atoms. The van der Waals surface area contributed by atoms with E-state index in [-0.39, 0.29) is 5.56 Å². The molecule has 0 amide bonds. The van der Waals surface area contributed by atoms with Crippen LogP contribution in [0.1, 0.15) is 23.7 Å². The number of nitrogens with zero attached hydrogens (tertiary/aromatic N) is 1. The molecule has 0 aliphatic heterocycles. The Bertz CT molecular complexity index is 1050. The van der Waals surface area contributed by atoms with E-state index in [0.717, 1.165) is 27.7 Å². The lowest BCUT2D eigenvalue weighted by Crippen LogP contribution is -2.18. The molecule has 1 aromatic heterocycles. The van der Waals surface area contributed by atoms with Gasteiger partial charge in [-0.25, -0.2) is 4.98 Å². The highest BCUT2D eigenvalue weighted by molar-refractivity contribution is 7.99. The number of ether oxygens (including phenoxy) is 2. The highest BCUT2D eigenvalue weighted by atomic mass is 32.2. The predicted molar refractivity (Wildman–Crippen MR) is 116 cm³/mol. The van der Waals surface area contributed by atoms with Gasteiger partial charge in [0.05, 0.1) is 12.8 Å². The van der Waals surface area contributed by atoms with Crippen molar-refractivity contribution in [3.05, 3.63) is 88.4 Å². The largest absolute Gasteiger partial charge is 0.497 e. The zero-order valence-corrected chi connectivity index (χ0v) is 17.4. The Hall–Kier alpha value is -2.99. The van der Waals surface area contributed by atoms with Crippen LogP contribution in [0.4, 0.5) is 0 Å². The van der Waals surface area contributed by atoms with Crippen molar-refractivity contribution in [2.24, 2.45) is 0 Å². The predicted octanol–water partition coefficient (Wildman–Crippen LogP) is 4.65. The summed E-state index contributed by atoms with van der Waals surface area (Å²) in [6.07, 6.45) is 2.89. The maximum Gasteiger partial charge on any atom is 0.254 e. The van der Waals surface area contributed by atoms with Crippen LogP contribution in [-0.2, 0) is 12.8 Å². The van der Waals surface area contributed by atoms with Crippen LogP contribution in [0.25, 0.3) is 0 Å². The van der Waals surface area contributed by atoms with Gasteiger partial charge < -0.3 is 14.5 Å². The molecule has 0 saturated carbocycles. The van der Waals surface area contributed by atoms with Gasteiger partial charge in [-0.1, -0.05) is 49.5 Å². The first-order chi connectivity index (χ1) is 14.1. The summed E-state index contributed by atoms with van der Waals surface area (Å²) in [5.41, 5.74) is 2.43. The Kier molecular flexibility index (Phi) is 7.14. The molecule has 1 N–H and O–H groups in total. The van der Waals surface area contributed by atoms with Gasteiger partial charge in [0, 0.05) is 16.9 Å². The molecule has 0 unspecified atom stereocenters. The molecule has 3 aromatic rings. The summed E-state index contributed by atoms with van der Waals surface area (Å²) in [5, 5.41) is 0.564. The summed E-state index contributed by atoms with van der Waals surface area (Å²) in [4.78, 5) is 21.2. The molecule has 29 heavy (non-hydrogen) atoms. The molecule has 2 aromatic carbocycles. The van der Waals surface area contributed by atoms with Gasteiger partial charge in [0.15, 0.2) is 5.16 Å². The quantitative estimate of drug-likeness (QED) is 0.412. The second-order valence-electron chi connectivity index (χ2n) is 6.35. The van der Waals surface area contributed by atoms with Gasteiger partial charge in [0.2, 0.25) is 0 Å². The second-order valence-corrected chi connectivity index (χ2v) is 7.42. The van der Waals surface area contributed by atoms with Crippen molar-refractivity contribution in [2.75, 3.05) is 13.7 Å². The maximum atomic E-state index is 12.6. The summed E-state index contributed by atoms with van der Waals surface area (Å²) in [6, 6.07) is 15.5. The first-order valence-electron chi connectivity index (χ1n) is 9.39. The average Bonchev–Trinajstić information content (AvgIpc) is 2.72. The Labute approximate surface area is 174 Å². The van der Waals surface area contributed by atoms with E-state index < -0.39 is 0 Å². The summed E-state index contributed by atoms with van der Waals surface area (Å²) in [5.74, 6) is 1.54.